The Morgan fingerprint density at radius 3 is 2.26 bits per heavy atom. The van der Waals surface area contributed by atoms with Crippen molar-refractivity contribution < 1.29 is 23.8 Å². The number of piperidine rings is 1. The zero-order valence-corrected chi connectivity index (χ0v) is 25.2. The van der Waals surface area contributed by atoms with Crippen LogP contribution in [0.3, 0.4) is 0 Å². The third kappa shape index (κ3) is 6.38. The summed E-state index contributed by atoms with van der Waals surface area (Å²) in [4.78, 5) is 27.3. The summed E-state index contributed by atoms with van der Waals surface area (Å²) in [5.41, 5.74) is 1.97. The number of nitrogens with zero attached hydrogens (tertiary/aromatic N) is 2. The van der Waals surface area contributed by atoms with E-state index in [0.29, 0.717) is 51.5 Å². The highest BCUT2D eigenvalue weighted by atomic mass is 19.1. The van der Waals surface area contributed by atoms with E-state index in [2.05, 4.69) is 4.90 Å². The van der Waals surface area contributed by atoms with E-state index in [1.165, 1.54) is 22.8 Å². The van der Waals surface area contributed by atoms with E-state index in [1.807, 2.05) is 6.07 Å². The fourth-order valence-corrected chi connectivity index (χ4v) is 6.16. The summed E-state index contributed by atoms with van der Waals surface area (Å²) in [5.74, 6) is 1.41. The number of hydrogen-bond donors (Lipinski definition) is 1. The highest BCUT2D eigenvalue weighted by Gasteiger charge is 2.31. The summed E-state index contributed by atoms with van der Waals surface area (Å²) in [6.07, 6.45) is 7.59. The maximum Gasteiger partial charge on any atom is 0.254 e. The Hall–Kier alpha value is -3.65. The first-order valence-electron chi connectivity index (χ1n) is 14.9. The summed E-state index contributed by atoms with van der Waals surface area (Å²) in [6.45, 7) is 7.85. The fourth-order valence-electron chi connectivity index (χ4n) is 6.16. The van der Waals surface area contributed by atoms with Crippen LogP contribution in [0.2, 0.25) is 0 Å². The van der Waals surface area contributed by atoms with Gasteiger partial charge in [0.15, 0.2) is 0 Å². The van der Waals surface area contributed by atoms with Gasteiger partial charge in [0.1, 0.15) is 23.1 Å². The molecule has 0 bridgehead atoms. The van der Waals surface area contributed by atoms with Gasteiger partial charge >= 0.3 is 0 Å². The average molecular weight is 577 g/mol. The van der Waals surface area contributed by atoms with Crippen molar-refractivity contribution in [3.8, 4) is 28.4 Å². The molecule has 2 aliphatic rings. The van der Waals surface area contributed by atoms with Gasteiger partial charge in [-0.15, -0.1) is 0 Å². The van der Waals surface area contributed by atoms with Crippen LogP contribution in [-0.4, -0.2) is 39.2 Å². The largest absolute Gasteiger partial charge is 0.490 e. The van der Waals surface area contributed by atoms with Gasteiger partial charge in [-0.3, -0.25) is 9.59 Å². The molecule has 1 N–H and O–H groups in total. The molecule has 0 radical (unpaired) electrons. The maximum absolute atomic E-state index is 14.0. The van der Waals surface area contributed by atoms with E-state index in [4.69, 9.17) is 9.47 Å². The second kappa shape index (κ2) is 11.9. The highest BCUT2D eigenvalue weighted by molar-refractivity contribution is 5.77. The number of hydrogen-bond acceptors (Lipinski definition) is 5. The van der Waals surface area contributed by atoms with Gasteiger partial charge in [-0.1, -0.05) is 6.07 Å². The number of carbonyl (C=O) groups is 1. The van der Waals surface area contributed by atoms with Crippen LogP contribution < -0.4 is 15.0 Å². The van der Waals surface area contributed by atoms with Crippen molar-refractivity contribution >= 4 is 5.91 Å². The standard InChI is InChI=1S/C34H41FN2O5/c1-21-16-24(35)17-22(2)33(21)42-29-14-9-23(34(3,4)40)18-27(29)28-20-36(5)32(39)19-30(28)41-26-12-10-25(11-13-26)37-15-7-6-8-31(37)38/h9,14,16-20,25-26,40H,6-8,10-13,15H2,1-5H3. The smallest absolute Gasteiger partial charge is 0.254 e. The zero-order chi connectivity index (χ0) is 30.2. The first kappa shape index (κ1) is 29.8. The monoisotopic (exact) mass is 576 g/mol. The van der Waals surface area contributed by atoms with Crippen molar-refractivity contribution in [2.45, 2.75) is 90.4 Å². The van der Waals surface area contributed by atoms with E-state index < -0.39 is 5.60 Å². The predicted molar refractivity (Wildman–Crippen MR) is 161 cm³/mol. The number of aromatic nitrogens is 1. The lowest BCUT2D eigenvalue weighted by Gasteiger charge is -2.39. The van der Waals surface area contributed by atoms with E-state index in [1.54, 1.807) is 53.1 Å². The number of pyridine rings is 1. The molecule has 1 saturated carbocycles. The molecule has 2 fully saturated rings. The van der Waals surface area contributed by atoms with Crippen LogP contribution in [0.1, 0.15) is 75.5 Å². The third-order valence-corrected chi connectivity index (χ3v) is 8.54. The first-order valence-corrected chi connectivity index (χ1v) is 14.9. The SMILES string of the molecule is Cc1cc(F)cc(C)c1Oc1ccc(C(C)(C)O)cc1-c1cn(C)c(=O)cc1OC1CCC(N2CCCCC2=O)CC1. The number of carbonyl (C=O) groups excluding carboxylic acids is 1. The summed E-state index contributed by atoms with van der Waals surface area (Å²) in [5, 5.41) is 10.8. The Labute approximate surface area is 246 Å². The Kier molecular flexibility index (Phi) is 8.46. The second-order valence-electron chi connectivity index (χ2n) is 12.3. The average Bonchev–Trinajstić information content (AvgIpc) is 2.93. The molecule has 1 aliphatic carbocycles. The van der Waals surface area contributed by atoms with Crippen LogP contribution in [0.5, 0.6) is 17.2 Å². The molecule has 7 nitrogen and oxygen atoms in total. The van der Waals surface area contributed by atoms with Gasteiger partial charge in [-0.05, 0) is 107 Å². The number of likely N-dealkylation sites (tertiary alicyclic amines) is 1. The van der Waals surface area contributed by atoms with Crippen molar-refractivity contribution in [3.05, 3.63) is 75.5 Å². The third-order valence-electron chi connectivity index (χ3n) is 8.54. The minimum absolute atomic E-state index is 0.101. The summed E-state index contributed by atoms with van der Waals surface area (Å²) in [6, 6.07) is 10.1. The summed E-state index contributed by atoms with van der Waals surface area (Å²) >= 11 is 0. The second-order valence-corrected chi connectivity index (χ2v) is 12.3. The first-order chi connectivity index (χ1) is 19.9. The molecule has 42 heavy (non-hydrogen) atoms. The van der Waals surface area contributed by atoms with Gasteiger partial charge in [0, 0.05) is 49.4 Å². The number of halogens is 1. The summed E-state index contributed by atoms with van der Waals surface area (Å²) in [7, 11) is 1.69. The molecule has 2 heterocycles. The normalized spacial score (nSPS) is 19.6. The van der Waals surface area contributed by atoms with E-state index in [0.717, 1.165) is 45.1 Å². The summed E-state index contributed by atoms with van der Waals surface area (Å²) < 4.78 is 28.5. The Morgan fingerprint density at radius 2 is 1.62 bits per heavy atom. The number of ether oxygens (including phenoxy) is 2. The molecule has 5 rings (SSSR count). The van der Waals surface area contributed by atoms with Crippen molar-refractivity contribution in [2.24, 2.45) is 7.05 Å². The van der Waals surface area contributed by atoms with Crippen LogP contribution in [0.25, 0.3) is 11.1 Å². The van der Waals surface area contributed by atoms with Gasteiger partial charge < -0.3 is 24.0 Å². The molecule has 1 aromatic heterocycles. The molecule has 3 aromatic rings. The molecule has 224 valence electrons. The molecular formula is C34H41FN2O5. The Morgan fingerprint density at radius 1 is 0.929 bits per heavy atom. The van der Waals surface area contributed by atoms with Crippen LogP contribution in [0.4, 0.5) is 4.39 Å². The van der Waals surface area contributed by atoms with Crippen LogP contribution >= 0.6 is 0 Å². The molecule has 0 unspecified atom stereocenters. The quantitative estimate of drug-likeness (QED) is 0.346. The minimum atomic E-state index is -1.12. The van der Waals surface area contributed by atoms with Gasteiger partial charge in [-0.2, -0.15) is 0 Å². The van der Waals surface area contributed by atoms with Crippen LogP contribution in [0.15, 0.2) is 47.4 Å². The molecule has 2 aromatic carbocycles. The lowest BCUT2D eigenvalue weighted by atomic mass is 9.90. The number of aryl methyl sites for hydroxylation is 3. The Bertz CT molecular complexity index is 1510. The van der Waals surface area contributed by atoms with Gasteiger partial charge in [0.2, 0.25) is 5.91 Å². The van der Waals surface area contributed by atoms with Crippen LogP contribution in [0, 0.1) is 19.7 Å². The van der Waals surface area contributed by atoms with Crippen molar-refractivity contribution in [1.29, 1.82) is 0 Å². The molecule has 1 amide bonds. The lowest BCUT2D eigenvalue weighted by molar-refractivity contribution is -0.136. The van der Waals surface area contributed by atoms with Crippen LogP contribution in [-0.2, 0) is 17.4 Å². The van der Waals surface area contributed by atoms with Crippen molar-refractivity contribution in [3.63, 3.8) is 0 Å². The van der Waals surface area contributed by atoms with Gasteiger partial charge in [0.25, 0.3) is 5.56 Å². The van der Waals surface area contributed by atoms with Crippen molar-refractivity contribution in [1.82, 2.24) is 9.47 Å². The Balaban J connectivity index is 1.49. The topological polar surface area (TPSA) is 81.0 Å². The molecule has 0 spiro atoms. The molecular weight excluding hydrogens is 535 g/mol. The maximum atomic E-state index is 14.0. The number of rotatable bonds is 7. The molecule has 1 saturated heterocycles. The molecule has 0 atom stereocenters. The lowest BCUT2D eigenvalue weighted by Crippen LogP contribution is -2.46. The predicted octanol–water partition coefficient (Wildman–Crippen LogP) is 6.53. The van der Waals surface area contributed by atoms with E-state index in [9.17, 15) is 19.1 Å². The highest BCUT2D eigenvalue weighted by Crippen LogP contribution is 2.42. The van der Waals surface area contributed by atoms with E-state index >= 15 is 0 Å². The molecule has 1 aliphatic heterocycles. The number of amides is 1. The van der Waals surface area contributed by atoms with Crippen molar-refractivity contribution in [2.75, 3.05) is 6.54 Å². The number of aliphatic hydroxyl groups is 1. The van der Waals surface area contributed by atoms with Gasteiger partial charge in [-0.25, -0.2) is 4.39 Å². The van der Waals surface area contributed by atoms with E-state index in [-0.39, 0.29) is 29.4 Å². The minimum Gasteiger partial charge on any atom is -0.490 e. The zero-order valence-electron chi connectivity index (χ0n) is 25.2. The molecule has 8 heteroatoms. The number of benzene rings is 2. The fraction of sp³-hybridized carbons (Fsp3) is 0.471. The van der Waals surface area contributed by atoms with Gasteiger partial charge in [0.05, 0.1) is 11.7 Å².